The molecule has 0 radical (unpaired) electrons. The molecule has 0 atom stereocenters. The molecular formula is C11H17N3O. The molecule has 0 saturated carbocycles. The monoisotopic (exact) mass is 207 g/mol. The van der Waals surface area contributed by atoms with E-state index in [1.165, 1.54) is 0 Å². The third-order valence-corrected chi connectivity index (χ3v) is 2.18. The van der Waals surface area contributed by atoms with Crippen LogP contribution in [0, 0.1) is 13.8 Å². The largest absolute Gasteiger partial charge is 0.319 e. The van der Waals surface area contributed by atoms with Gasteiger partial charge in [0.05, 0.1) is 17.1 Å². The van der Waals surface area contributed by atoms with Crippen molar-refractivity contribution in [3.8, 4) is 0 Å². The third kappa shape index (κ3) is 2.68. The highest BCUT2D eigenvalue weighted by atomic mass is 16.1. The van der Waals surface area contributed by atoms with Crippen molar-refractivity contribution in [2.24, 2.45) is 7.05 Å². The average Bonchev–Trinajstić information content (AvgIpc) is 2.31. The lowest BCUT2D eigenvalue weighted by molar-refractivity contribution is -0.112. The first-order chi connectivity index (χ1) is 6.91. The van der Waals surface area contributed by atoms with Crippen molar-refractivity contribution in [2.45, 2.75) is 27.7 Å². The number of carbonyl (C=O) groups excluding carboxylic acids is 1. The van der Waals surface area contributed by atoms with Crippen LogP contribution in [0.4, 0.5) is 5.69 Å². The van der Waals surface area contributed by atoms with E-state index >= 15 is 0 Å². The number of allylic oxidation sites excluding steroid dienone is 1. The molecule has 4 nitrogen and oxygen atoms in total. The molecule has 0 aliphatic carbocycles. The molecule has 0 aromatic carbocycles. The first kappa shape index (κ1) is 11.5. The number of nitrogens with zero attached hydrogens (tertiary/aromatic N) is 2. The molecule has 15 heavy (non-hydrogen) atoms. The summed E-state index contributed by atoms with van der Waals surface area (Å²) in [6.45, 7) is 7.59. The number of carbonyl (C=O) groups is 1. The zero-order valence-corrected chi connectivity index (χ0v) is 9.88. The lowest BCUT2D eigenvalue weighted by atomic mass is 10.3. The first-order valence-electron chi connectivity index (χ1n) is 4.88. The standard InChI is InChI=1S/C11H17N3O/c1-7(2)6-10(15)12-11-8(3)13-14(5)9(11)4/h6H,1-5H3,(H,12,15). The Labute approximate surface area is 90.0 Å². The number of hydrogen-bond acceptors (Lipinski definition) is 2. The van der Waals surface area contributed by atoms with E-state index in [4.69, 9.17) is 0 Å². The van der Waals surface area contributed by atoms with Crippen molar-refractivity contribution in [3.63, 3.8) is 0 Å². The number of aromatic nitrogens is 2. The summed E-state index contributed by atoms with van der Waals surface area (Å²) in [5.74, 6) is -0.103. The van der Waals surface area contributed by atoms with Gasteiger partial charge in [-0.2, -0.15) is 5.10 Å². The first-order valence-corrected chi connectivity index (χ1v) is 4.88. The quantitative estimate of drug-likeness (QED) is 0.753. The molecule has 1 heterocycles. The van der Waals surface area contributed by atoms with Crippen LogP contribution in [0.1, 0.15) is 25.2 Å². The normalized spacial score (nSPS) is 9.93. The molecule has 0 spiro atoms. The minimum absolute atomic E-state index is 0.103. The number of nitrogens with one attached hydrogen (secondary N) is 1. The van der Waals surface area contributed by atoms with E-state index < -0.39 is 0 Å². The number of rotatable bonds is 2. The second-order valence-electron chi connectivity index (χ2n) is 3.88. The lowest BCUT2D eigenvalue weighted by Crippen LogP contribution is -2.10. The fourth-order valence-electron chi connectivity index (χ4n) is 1.38. The second kappa shape index (κ2) is 4.29. The Balaban J connectivity index is 2.90. The maximum Gasteiger partial charge on any atom is 0.248 e. The van der Waals surface area contributed by atoms with Gasteiger partial charge in [0.15, 0.2) is 0 Å². The number of anilines is 1. The van der Waals surface area contributed by atoms with Crippen molar-refractivity contribution in [1.29, 1.82) is 0 Å². The highest BCUT2D eigenvalue weighted by Crippen LogP contribution is 2.18. The van der Waals surface area contributed by atoms with E-state index in [0.29, 0.717) is 0 Å². The smallest absolute Gasteiger partial charge is 0.248 e. The van der Waals surface area contributed by atoms with Gasteiger partial charge >= 0.3 is 0 Å². The highest BCUT2D eigenvalue weighted by molar-refractivity contribution is 6.00. The fraction of sp³-hybridized carbons (Fsp3) is 0.455. The van der Waals surface area contributed by atoms with Crippen LogP contribution in [0.25, 0.3) is 0 Å². The van der Waals surface area contributed by atoms with Crippen LogP contribution < -0.4 is 5.32 Å². The highest BCUT2D eigenvalue weighted by Gasteiger charge is 2.10. The van der Waals surface area contributed by atoms with E-state index in [2.05, 4.69) is 10.4 Å². The predicted molar refractivity (Wildman–Crippen MR) is 60.7 cm³/mol. The molecule has 0 aliphatic rings. The van der Waals surface area contributed by atoms with Crippen molar-refractivity contribution in [2.75, 3.05) is 5.32 Å². The summed E-state index contributed by atoms with van der Waals surface area (Å²) in [5.41, 5.74) is 3.58. The van der Waals surface area contributed by atoms with Gasteiger partial charge in [-0.15, -0.1) is 0 Å². The Bertz CT molecular complexity index is 412. The number of amides is 1. The molecule has 0 fully saturated rings. The van der Waals surface area contributed by atoms with Gasteiger partial charge in [0.1, 0.15) is 0 Å². The zero-order chi connectivity index (χ0) is 11.6. The number of aryl methyl sites for hydroxylation is 2. The minimum Gasteiger partial charge on any atom is -0.319 e. The Morgan fingerprint density at radius 2 is 2.00 bits per heavy atom. The summed E-state index contributed by atoms with van der Waals surface area (Å²) in [4.78, 5) is 11.5. The molecule has 82 valence electrons. The summed E-state index contributed by atoms with van der Waals surface area (Å²) in [7, 11) is 1.86. The molecule has 1 aromatic heterocycles. The van der Waals surface area contributed by atoms with Crippen LogP contribution in [0.5, 0.6) is 0 Å². The molecule has 0 unspecified atom stereocenters. The van der Waals surface area contributed by atoms with E-state index in [1.54, 1.807) is 10.8 Å². The molecule has 1 amide bonds. The summed E-state index contributed by atoms with van der Waals surface area (Å²) < 4.78 is 1.76. The predicted octanol–water partition coefficient (Wildman–Crippen LogP) is 1.94. The van der Waals surface area contributed by atoms with Crippen LogP contribution in [0.3, 0.4) is 0 Å². The summed E-state index contributed by atoms with van der Waals surface area (Å²) in [5, 5.41) is 7.06. The zero-order valence-electron chi connectivity index (χ0n) is 9.88. The molecule has 0 bridgehead atoms. The molecule has 0 saturated heterocycles. The van der Waals surface area contributed by atoms with Crippen LogP contribution in [-0.4, -0.2) is 15.7 Å². The SMILES string of the molecule is CC(C)=CC(=O)Nc1c(C)nn(C)c1C. The van der Waals surface area contributed by atoms with E-state index in [9.17, 15) is 4.79 Å². The van der Waals surface area contributed by atoms with Crippen LogP contribution in [0.15, 0.2) is 11.6 Å². The van der Waals surface area contributed by atoms with Gasteiger partial charge in [-0.05, 0) is 27.7 Å². The summed E-state index contributed by atoms with van der Waals surface area (Å²) in [6, 6.07) is 0. The van der Waals surface area contributed by atoms with E-state index in [-0.39, 0.29) is 5.91 Å². The number of hydrogen-bond donors (Lipinski definition) is 1. The third-order valence-electron chi connectivity index (χ3n) is 2.18. The van der Waals surface area contributed by atoms with E-state index in [1.807, 2.05) is 34.7 Å². The Hall–Kier alpha value is -1.58. The van der Waals surface area contributed by atoms with Crippen molar-refractivity contribution < 1.29 is 4.79 Å². The van der Waals surface area contributed by atoms with E-state index in [0.717, 1.165) is 22.6 Å². The van der Waals surface area contributed by atoms with Gasteiger partial charge in [0.25, 0.3) is 0 Å². The molecular weight excluding hydrogens is 190 g/mol. The summed E-state index contributed by atoms with van der Waals surface area (Å²) in [6.07, 6.45) is 1.58. The maximum atomic E-state index is 11.5. The Kier molecular flexibility index (Phi) is 3.29. The molecule has 1 rings (SSSR count). The van der Waals surface area contributed by atoms with Gasteiger partial charge in [-0.1, -0.05) is 5.57 Å². The van der Waals surface area contributed by atoms with Crippen molar-refractivity contribution >= 4 is 11.6 Å². The van der Waals surface area contributed by atoms with Crippen LogP contribution in [-0.2, 0) is 11.8 Å². The van der Waals surface area contributed by atoms with Gasteiger partial charge in [-0.3, -0.25) is 9.48 Å². The van der Waals surface area contributed by atoms with Crippen molar-refractivity contribution in [3.05, 3.63) is 23.0 Å². The fourth-order valence-corrected chi connectivity index (χ4v) is 1.38. The minimum atomic E-state index is -0.103. The molecule has 0 aliphatic heterocycles. The van der Waals surface area contributed by atoms with Gasteiger partial charge in [0, 0.05) is 13.1 Å². The average molecular weight is 207 g/mol. The van der Waals surface area contributed by atoms with Gasteiger partial charge in [-0.25, -0.2) is 0 Å². The maximum absolute atomic E-state index is 11.5. The topological polar surface area (TPSA) is 46.9 Å². The second-order valence-corrected chi connectivity index (χ2v) is 3.88. The Morgan fingerprint density at radius 1 is 1.40 bits per heavy atom. The van der Waals surface area contributed by atoms with Crippen LogP contribution >= 0.6 is 0 Å². The lowest BCUT2D eigenvalue weighted by Gasteiger charge is -2.02. The van der Waals surface area contributed by atoms with Crippen LogP contribution in [0.2, 0.25) is 0 Å². The van der Waals surface area contributed by atoms with Gasteiger partial charge in [0.2, 0.25) is 5.91 Å². The molecule has 1 N–H and O–H groups in total. The molecule has 4 heteroatoms. The summed E-state index contributed by atoms with van der Waals surface area (Å²) >= 11 is 0. The molecule has 1 aromatic rings. The van der Waals surface area contributed by atoms with Crippen molar-refractivity contribution in [1.82, 2.24) is 9.78 Å². The van der Waals surface area contributed by atoms with Gasteiger partial charge < -0.3 is 5.32 Å². The Morgan fingerprint density at radius 3 is 2.40 bits per heavy atom.